The highest BCUT2D eigenvalue weighted by atomic mass is 32.2. The third-order valence-electron chi connectivity index (χ3n) is 7.02. The van der Waals surface area contributed by atoms with Crippen LogP contribution < -0.4 is 20.4 Å². The van der Waals surface area contributed by atoms with E-state index in [1.807, 2.05) is 19.1 Å². The molecule has 1 heterocycles. The Morgan fingerprint density at radius 1 is 0.712 bits per heavy atom. The van der Waals surface area contributed by atoms with Gasteiger partial charge in [0.1, 0.15) is 16.3 Å². The molecule has 0 aliphatic carbocycles. The summed E-state index contributed by atoms with van der Waals surface area (Å²) in [6.45, 7) is 2.54. The monoisotopic (exact) mass is 737 g/mol. The van der Waals surface area contributed by atoms with Crippen molar-refractivity contribution in [3.05, 3.63) is 66.2 Å². The van der Waals surface area contributed by atoms with E-state index in [1.54, 1.807) is 18.2 Å². The second-order valence-electron chi connectivity index (χ2n) is 11.0. The van der Waals surface area contributed by atoms with Gasteiger partial charge in [-0.25, -0.2) is 0 Å². The highest BCUT2D eigenvalue weighted by Crippen LogP contribution is 2.34. The van der Waals surface area contributed by atoms with Crippen LogP contribution in [0.1, 0.15) is 12.5 Å². The second kappa shape index (κ2) is 18.6. The summed E-state index contributed by atoms with van der Waals surface area (Å²) >= 11 is 0. The van der Waals surface area contributed by atoms with E-state index >= 15 is 0 Å². The Labute approximate surface area is 299 Å². The van der Waals surface area contributed by atoms with Crippen LogP contribution in [0.15, 0.2) is 86.0 Å². The number of hydrogen-bond acceptors (Lipinski definition) is 17. The first-order valence-corrected chi connectivity index (χ1v) is 17.3. The van der Waals surface area contributed by atoms with Gasteiger partial charge in [-0.3, -0.25) is 9.35 Å². The van der Waals surface area contributed by atoms with Gasteiger partial charge >= 0.3 is 0 Å². The lowest BCUT2D eigenvalue weighted by Crippen LogP contribution is -2.34. The molecule has 4 aromatic rings. The van der Waals surface area contributed by atoms with Gasteiger partial charge < -0.3 is 40.9 Å². The van der Waals surface area contributed by atoms with Gasteiger partial charge in [0.15, 0.2) is 0 Å². The summed E-state index contributed by atoms with van der Waals surface area (Å²) in [4.78, 5) is 27.9. The molecule has 0 bridgehead atoms. The maximum Gasteiger partial charge on any atom is 0.296 e. The Balaban J connectivity index is 1.68. The van der Waals surface area contributed by atoms with E-state index in [1.165, 1.54) is 41.0 Å². The van der Waals surface area contributed by atoms with Crippen LogP contribution in [-0.4, -0.2) is 107 Å². The minimum absolute atomic E-state index is 0.0160. The number of nitrogens with zero attached hydrogens (tertiary/aromatic N) is 9. The summed E-state index contributed by atoms with van der Waals surface area (Å²) in [6, 6.07) is 15.6. The number of nitrogens with one attached hydrogen (secondary N) is 2. The molecule has 1 aromatic heterocycles. The number of hydrogen-bond donors (Lipinski definition) is 7. The molecule has 0 unspecified atom stereocenters. The number of aryl methyl sites for hydroxylation is 1. The molecule has 3 aromatic carbocycles. The summed E-state index contributed by atoms with van der Waals surface area (Å²) in [5, 5.41) is 60.3. The highest BCUT2D eigenvalue weighted by Gasteiger charge is 2.19. The van der Waals surface area contributed by atoms with Gasteiger partial charge in [0.05, 0.1) is 43.5 Å². The zero-order valence-electron chi connectivity index (χ0n) is 28.3. The molecule has 0 aliphatic heterocycles. The molecule has 7 N–H and O–H groups in total. The molecule has 276 valence electrons. The van der Waals surface area contributed by atoms with Crippen LogP contribution in [0.4, 0.5) is 52.0 Å². The van der Waals surface area contributed by atoms with Gasteiger partial charge in [-0.1, -0.05) is 17.7 Å². The summed E-state index contributed by atoms with van der Waals surface area (Å²) < 4.78 is 34.5. The molecule has 0 saturated heterocycles. The molecule has 19 nitrogen and oxygen atoms in total. The molecule has 0 radical (unpaired) electrons. The van der Waals surface area contributed by atoms with Gasteiger partial charge in [-0.05, 0) is 55.5 Å². The lowest BCUT2D eigenvalue weighted by molar-refractivity contribution is -0.114. The van der Waals surface area contributed by atoms with E-state index in [0.717, 1.165) is 11.6 Å². The van der Waals surface area contributed by atoms with Crippen LogP contribution in [0.3, 0.4) is 0 Å². The van der Waals surface area contributed by atoms with Crippen LogP contribution in [0.5, 0.6) is 0 Å². The van der Waals surface area contributed by atoms with Crippen LogP contribution in [0, 0.1) is 6.92 Å². The average molecular weight is 738 g/mol. The zero-order chi connectivity index (χ0) is 37.7. The Hall–Kier alpha value is -5.51. The molecule has 20 heteroatoms. The van der Waals surface area contributed by atoms with Crippen molar-refractivity contribution in [1.82, 2.24) is 15.0 Å². The average Bonchev–Trinajstić information content (AvgIpc) is 3.10. The highest BCUT2D eigenvalue weighted by molar-refractivity contribution is 7.86. The number of benzene rings is 3. The van der Waals surface area contributed by atoms with E-state index in [0.29, 0.717) is 11.4 Å². The molecule has 0 saturated carbocycles. The van der Waals surface area contributed by atoms with Gasteiger partial charge in [-0.2, -0.15) is 33.6 Å². The zero-order valence-corrected chi connectivity index (χ0v) is 29.1. The maximum absolute atomic E-state index is 12.3. The van der Waals surface area contributed by atoms with Crippen molar-refractivity contribution in [3.63, 3.8) is 0 Å². The van der Waals surface area contributed by atoms with E-state index < -0.39 is 20.9 Å². The first-order valence-electron chi connectivity index (χ1n) is 15.8. The lowest BCUT2D eigenvalue weighted by Gasteiger charge is -2.25. The number of aromatic nitrogens is 3. The maximum atomic E-state index is 12.3. The van der Waals surface area contributed by atoms with E-state index in [2.05, 4.69) is 46.0 Å². The summed E-state index contributed by atoms with van der Waals surface area (Å²) in [7, 11) is -4.77. The fourth-order valence-electron chi connectivity index (χ4n) is 4.61. The molecule has 52 heavy (non-hydrogen) atoms. The predicted molar refractivity (Wildman–Crippen MR) is 192 cm³/mol. The van der Waals surface area contributed by atoms with Crippen LogP contribution >= 0.6 is 0 Å². The Morgan fingerprint density at radius 2 is 1.23 bits per heavy atom. The first-order chi connectivity index (χ1) is 24.9. The van der Waals surface area contributed by atoms with Crippen LogP contribution in [-0.2, 0) is 14.9 Å². The topological polar surface area (TPSA) is 271 Å². The Kier molecular flexibility index (Phi) is 14.1. The Bertz CT molecular complexity index is 1950. The van der Waals surface area contributed by atoms with Gasteiger partial charge in [0.2, 0.25) is 23.8 Å². The Morgan fingerprint density at radius 3 is 1.77 bits per heavy atom. The lowest BCUT2D eigenvalue weighted by atomic mass is 10.2. The minimum atomic E-state index is -4.77. The molecule has 4 rings (SSSR count). The summed E-state index contributed by atoms with van der Waals surface area (Å²) in [5.74, 6) is -0.239. The number of aliphatic hydroxyl groups excluding tert-OH is 4. The molecular weight excluding hydrogens is 698 g/mol. The fourth-order valence-corrected chi connectivity index (χ4v) is 5.25. The third-order valence-corrected chi connectivity index (χ3v) is 7.91. The first kappa shape index (κ1) is 39.3. The number of anilines is 5. The number of aliphatic hydroxyl groups is 4. The summed E-state index contributed by atoms with van der Waals surface area (Å²) in [5.41, 5.74) is 2.15. The normalized spacial score (nSPS) is 11.7. The molecule has 1 amide bonds. The number of carbonyl (C=O) groups excluding carboxylic acids is 1. The smallest absolute Gasteiger partial charge is 0.296 e. The van der Waals surface area contributed by atoms with Crippen molar-refractivity contribution in [1.29, 1.82) is 0 Å². The quantitative estimate of drug-likeness (QED) is 0.0569. The predicted octanol–water partition coefficient (Wildman–Crippen LogP) is 3.54. The van der Waals surface area contributed by atoms with Gasteiger partial charge in [0.25, 0.3) is 10.1 Å². The van der Waals surface area contributed by atoms with Crippen molar-refractivity contribution in [2.24, 2.45) is 20.5 Å². The summed E-state index contributed by atoms with van der Waals surface area (Å²) in [6.07, 6.45) is 0. The molecular formula is C32H39N11O8S. The van der Waals surface area contributed by atoms with Crippen molar-refractivity contribution < 1.29 is 38.2 Å². The third kappa shape index (κ3) is 11.2. The number of rotatable bonds is 18. The van der Waals surface area contributed by atoms with Crippen LogP contribution in [0.2, 0.25) is 0 Å². The van der Waals surface area contributed by atoms with Gasteiger partial charge in [0, 0.05) is 38.8 Å². The van der Waals surface area contributed by atoms with Crippen LogP contribution in [0.25, 0.3) is 0 Å². The van der Waals surface area contributed by atoms with Crippen molar-refractivity contribution in [3.8, 4) is 0 Å². The fraction of sp³-hybridized carbons (Fsp3) is 0.312. The standard InChI is InChI=1S/C32H39N11O8S/c1-21-3-5-23(6-4-21)38-39-25-8-10-27(29(20-25)52(49,50)51)41-40-26-9-7-24(19-28(26)33-22(2)48)34-30-35-31(42(11-15-44)12-16-45)37-32(36-30)43(13-17-46)14-18-47/h3-10,19-20,44-47H,11-18H2,1-2H3,(H,33,48)(H,49,50,51)(H,34,35,36,37). The number of carbonyl (C=O) groups is 1. The molecule has 0 atom stereocenters. The SMILES string of the molecule is CC(=O)Nc1cc(Nc2nc(N(CCO)CCO)nc(N(CCO)CCO)n2)ccc1N=Nc1ccc(N=Nc2ccc(C)cc2)cc1S(=O)(=O)O. The number of amides is 1. The minimum Gasteiger partial charge on any atom is -0.395 e. The largest absolute Gasteiger partial charge is 0.395 e. The van der Waals surface area contributed by atoms with Crippen molar-refractivity contribution in [2.45, 2.75) is 18.7 Å². The van der Waals surface area contributed by atoms with E-state index in [9.17, 15) is 38.2 Å². The van der Waals surface area contributed by atoms with Gasteiger partial charge in [-0.15, -0.1) is 10.2 Å². The van der Waals surface area contributed by atoms with Crippen molar-refractivity contribution >= 4 is 68.0 Å². The second-order valence-corrected chi connectivity index (χ2v) is 12.4. The molecule has 0 fully saturated rings. The number of azo groups is 2. The van der Waals surface area contributed by atoms with E-state index in [4.69, 9.17) is 0 Å². The molecule has 0 aliphatic rings. The van der Waals surface area contributed by atoms with Crippen molar-refractivity contribution in [2.75, 3.05) is 73.0 Å². The molecule has 0 spiro atoms. The van der Waals surface area contributed by atoms with E-state index in [-0.39, 0.29) is 93.2 Å².